The summed E-state index contributed by atoms with van der Waals surface area (Å²) in [6.07, 6.45) is 0. The van der Waals surface area contributed by atoms with Gasteiger partial charge in [0, 0.05) is 19.2 Å². The summed E-state index contributed by atoms with van der Waals surface area (Å²) in [5, 5.41) is 15.8. The van der Waals surface area contributed by atoms with Gasteiger partial charge in [-0.1, -0.05) is 42.5 Å². The Kier molecular flexibility index (Phi) is 6.14. The van der Waals surface area contributed by atoms with Crippen LogP contribution in [0.4, 0.5) is 5.69 Å². The molecule has 8 nitrogen and oxygen atoms in total. The van der Waals surface area contributed by atoms with Gasteiger partial charge in [-0.05, 0) is 35.4 Å². The lowest BCUT2D eigenvalue weighted by atomic mass is 10.0. The van der Waals surface area contributed by atoms with Crippen molar-refractivity contribution >= 4 is 32.4 Å². The van der Waals surface area contributed by atoms with Crippen LogP contribution in [0.15, 0.2) is 71.6 Å². The topological polar surface area (TPSA) is 110 Å². The molecule has 0 radical (unpaired) electrons. The molecule has 1 atom stereocenters. The fourth-order valence-corrected chi connectivity index (χ4v) is 4.24. The summed E-state index contributed by atoms with van der Waals surface area (Å²) in [4.78, 5) is 22.4. The maximum Gasteiger partial charge on any atom is 0.270 e. The maximum atomic E-state index is 12.7. The van der Waals surface area contributed by atoms with Crippen LogP contribution in [0.3, 0.4) is 0 Å². The van der Waals surface area contributed by atoms with E-state index in [-0.39, 0.29) is 16.6 Å². The first-order valence-corrected chi connectivity index (χ1v) is 10.6. The Bertz CT molecular complexity index is 1210. The van der Waals surface area contributed by atoms with Crippen LogP contribution in [0.25, 0.3) is 10.8 Å². The first kappa shape index (κ1) is 21.4. The Labute approximate surface area is 174 Å². The monoisotopic (exact) mass is 427 g/mol. The number of nitrogens with zero attached hydrogens (tertiary/aromatic N) is 2. The summed E-state index contributed by atoms with van der Waals surface area (Å²) in [7, 11) is -2.79. The van der Waals surface area contributed by atoms with Gasteiger partial charge in [0.05, 0.1) is 22.4 Å². The molecule has 0 saturated heterocycles. The molecule has 0 fully saturated rings. The highest BCUT2D eigenvalue weighted by molar-refractivity contribution is 7.89. The second kappa shape index (κ2) is 8.60. The van der Waals surface area contributed by atoms with Gasteiger partial charge >= 0.3 is 0 Å². The molecule has 0 saturated carbocycles. The minimum Gasteiger partial charge on any atom is -0.348 e. The number of nitrogens with one attached hydrogen (secondary N) is 1. The third-order valence-corrected chi connectivity index (χ3v) is 6.55. The van der Waals surface area contributed by atoms with Crippen LogP contribution < -0.4 is 5.32 Å². The van der Waals surface area contributed by atoms with Gasteiger partial charge in [0.15, 0.2) is 0 Å². The molecule has 3 rings (SSSR count). The number of amides is 1. The highest BCUT2D eigenvalue weighted by atomic mass is 32.2. The number of sulfonamides is 1. The van der Waals surface area contributed by atoms with E-state index in [1.54, 1.807) is 0 Å². The minimum atomic E-state index is -4.05. The second-order valence-electron chi connectivity index (χ2n) is 6.91. The van der Waals surface area contributed by atoms with E-state index >= 15 is 0 Å². The van der Waals surface area contributed by atoms with Crippen LogP contribution >= 0.6 is 0 Å². The Balaban J connectivity index is 1.69. The first-order chi connectivity index (χ1) is 14.2. The van der Waals surface area contributed by atoms with Gasteiger partial charge in [0.2, 0.25) is 15.9 Å². The van der Waals surface area contributed by atoms with E-state index in [9.17, 15) is 23.3 Å². The van der Waals surface area contributed by atoms with Crippen LogP contribution in [0.1, 0.15) is 18.5 Å². The highest BCUT2D eigenvalue weighted by Crippen LogP contribution is 2.22. The quantitative estimate of drug-likeness (QED) is 0.460. The molecule has 0 aliphatic carbocycles. The molecule has 3 aromatic carbocycles. The van der Waals surface area contributed by atoms with Crippen molar-refractivity contribution in [3.63, 3.8) is 0 Å². The number of rotatable bonds is 7. The standard InChI is InChI=1S/C21H21N3O5S/c1-15(17-11-10-16-6-3-4-7-18(16)12-17)22-21(25)14-23(2)30(28,29)20-9-5-8-19(13-20)24(26)27/h3-13,15H,14H2,1-2H3,(H,22,25). The summed E-state index contributed by atoms with van der Waals surface area (Å²) < 4.78 is 26.2. The van der Waals surface area contributed by atoms with Crippen molar-refractivity contribution in [2.24, 2.45) is 0 Å². The average Bonchev–Trinajstić information content (AvgIpc) is 2.73. The second-order valence-corrected chi connectivity index (χ2v) is 8.96. The van der Waals surface area contributed by atoms with E-state index in [0.717, 1.165) is 26.7 Å². The molecule has 0 aliphatic heterocycles. The Hall–Kier alpha value is -3.30. The number of hydrogen-bond donors (Lipinski definition) is 1. The Morgan fingerprint density at radius 3 is 2.47 bits per heavy atom. The molecular formula is C21H21N3O5S. The van der Waals surface area contributed by atoms with E-state index in [2.05, 4.69) is 5.32 Å². The normalized spacial score (nSPS) is 12.6. The molecule has 0 spiro atoms. The third kappa shape index (κ3) is 4.64. The maximum absolute atomic E-state index is 12.7. The molecule has 1 amide bonds. The Morgan fingerprint density at radius 1 is 1.07 bits per heavy atom. The number of benzene rings is 3. The molecule has 3 aromatic rings. The average molecular weight is 427 g/mol. The Morgan fingerprint density at radius 2 is 1.77 bits per heavy atom. The van der Waals surface area contributed by atoms with Crippen molar-refractivity contribution < 1.29 is 18.1 Å². The number of hydrogen-bond acceptors (Lipinski definition) is 5. The van der Waals surface area contributed by atoms with Gasteiger partial charge in [-0.2, -0.15) is 4.31 Å². The number of carbonyl (C=O) groups excluding carboxylic acids is 1. The fourth-order valence-electron chi connectivity index (χ4n) is 3.07. The molecule has 1 N–H and O–H groups in total. The molecule has 156 valence electrons. The van der Waals surface area contributed by atoms with Gasteiger partial charge in [-0.3, -0.25) is 14.9 Å². The summed E-state index contributed by atoms with van der Waals surface area (Å²) in [5.41, 5.74) is 0.560. The summed E-state index contributed by atoms with van der Waals surface area (Å²) in [6.45, 7) is 1.40. The summed E-state index contributed by atoms with van der Waals surface area (Å²) in [6, 6.07) is 18.1. The fraction of sp³-hybridized carbons (Fsp3) is 0.190. The lowest BCUT2D eigenvalue weighted by molar-refractivity contribution is -0.385. The number of likely N-dealkylation sites (N-methyl/N-ethyl adjacent to an activating group) is 1. The van der Waals surface area contributed by atoms with Crippen LogP contribution in [0, 0.1) is 10.1 Å². The first-order valence-electron chi connectivity index (χ1n) is 9.17. The highest BCUT2D eigenvalue weighted by Gasteiger charge is 2.25. The number of nitro benzene ring substituents is 1. The zero-order valence-electron chi connectivity index (χ0n) is 16.5. The van der Waals surface area contributed by atoms with Crippen molar-refractivity contribution in [2.45, 2.75) is 17.9 Å². The zero-order valence-corrected chi connectivity index (χ0v) is 17.3. The molecule has 0 aliphatic rings. The molecule has 1 unspecified atom stereocenters. The molecular weight excluding hydrogens is 406 g/mol. The van der Waals surface area contributed by atoms with Crippen molar-refractivity contribution in [3.8, 4) is 0 Å². The lowest BCUT2D eigenvalue weighted by Gasteiger charge is -2.19. The lowest BCUT2D eigenvalue weighted by Crippen LogP contribution is -2.39. The molecule has 0 aromatic heterocycles. The third-order valence-electron chi connectivity index (χ3n) is 4.75. The van der Waals surface area contributed by atoms with Gasteiger partial charge < -0.3 is 5.32 Å². The van der Waals surface area contributed by atoms with E-state index in [4.69, 9.17) is 0 Å². The van der Waals surface area contributed by atoms with Crippen molar-refractivity contribution in [3.05, 3.63) is 82.4 Å². The van der Waals surface area contributed by atoms with E-state index < -0.39 is 27.4 Å². The van der Waals surface area contributed by atoms with E-state index in [1.807, 2.05) is 49.4 Å². The van der Waals surface area contributed by atoms with Crippen LogP contribution in [0.5, 0.6) is 0 Å². The predicted molar refractivity (Wildman–Crippen MR) is 113 cm³/mol. The smallest absolute Gasteiger partial charge is 0.270 e. The molecule has 9 heteroatoms. The van der Waals surface area contributed by atoms with Gasteiger partial charge in [0.1, 0.15) is 0 Å². The van der Waals surface area contributed by atoms with Gasteiger partial charge in [0.25, 0.3) is 5.69 Å². The SMILES string of the molecule is CC(NC(=O)CN(C)S(=O)(=O)c1cccc([N+](=O)[O-])c1)c1ccc2ccccc2c1. The number of nitro groups is 1. The van der Waals surface area contributed by atoms with Crippen LogP contribution in [0.2, 0.25) is 0 Å². The van der Waals surface area contributed by atoms with Crippen LogP contribution in [-0.4, -0.2) is 37.1 Å². The largest absolute Gasteiger partial charge is 0.348 e. The summed E-state index contributed by atoms with van der Waals surface area (Å²) >= 11 is 0. The molecule has 30 heavy (non-hydrogen) atoms. The van der Waals surface area contributed by atoms with E-state index in [1.165, 1.54) is 25.2 Å². The number of fused-ring (bicyclic) bond motifs is 1. The molecule has 0 heterocycles. The number of non-ortho nitro benzene ring substituents is 1. The summed E-state index contributed by atoms with van der Waals surface area (Å²) in [5.74, 6) is -0.479. The van der Waals surface area contributed by atoms with Crippen LogP contribution in [-0.2, 0) is 14.8 Å². The van der Waals surface area contributed by atoms with E-state index in [0.29, 0.717) is 0 Å². The van der Waals surface area contributed by atoms with Gasteiger partial charge in [-0.15, -0.1) is 0 Å². The molecule has 0 bridgehead atoms. The number of carbonyl (C=O) groups is 1. The van der Waals surface area contributed by atoms with Crippen molar-refractivity contribution in [1.29, 1.82) is 0 Å². The predicted octanol–water partition coefficient (Wildman–Crippen LogP) is 3.25. The van der Waals surface area contributed by atoms with Crippen molar-refractivity contribution in [2.75, 3.05) is 13.6 Å². The zero-order chi connectivity index (χ0) is 21.9. The minimum absolute atomic E-state index is 0.241. The van der Waals surface area contributed by atoms with Gasteiger partial charge in [-0.25, -0.2) is 8.42 Å². The van der Waals surface area contributed by atoms with Crippen molar-refractivity contribution in [1.82, 2.24) is 9.62 Å².